The smallest absolute Gasteiger partial charge is 0.243 e. The predicted octanol–water partition coefficient (Wildman–Crippen LogP) is 6.69. The first-order valence-electron chi connectivity index (χ1n) is 17.7. The van der Waals surface area contributed by atoms with Gasteiger partial charge in [-0.1, -0.05) is 12.3 Å². The van der Waals surface area contributed by atoms with Crippen molar-refractivity contribution in [3.63, 3.8) is 0 Å². The Kier molecular flexibility index (Phi) is 10.4. The highest BCUT2D eigenvalue weighted by Gasteiger charge is 2.28. The first-order valence-corrected chi connectivity index (χ1v) is 19.2. The lowest BCUT2D eigenvalue weighted by Crippen LogP contribution is -2.35. The summed E-state index contributed by atoms with van der Waals surface area (Å²) < 4.78 is 43.6. The van der Waals surface area contributed by atoms with Crippen LogP contribution < -0.4 is 10.6 Å². The summed E-state index contributed by atoms with van der Waals surface area (Å²) in [5.74, 6) is 6.82. The Morgan fingerprint density at radius 2 is 1.67 bits per heavy atom. The van der Waals surface area contributed by atoms with Crippen molar-refractivity contribution in [2.75, 3.05) is 23.7 Å². The summed E-state index contributed by atoms with van der Waals surface area (Å²) in [6, 6.07) is 14.9. The number of aliphatic hydroxyl groups excluding tert-OH is 1. The average molecular weight is 709 g/mol. The van der Waals surface area contributed by atoms with Gasteiger partial charge in [0.05, 0.1) is 11.0 Å². The summed E-state index contributed by atoms with van der Waals surface area (Å²) in [7, 11) is -3.80. The van der Waals surface area contributed by atoms with Crippen molar-refractivity contribution < 1.29 is 22.7 Å². The quantitative estimate of drug-likeness (QED) is 0.122. The van der Waals surface area contributed by atoms with Crippen LogP contribution in [-0.2, 0) is 10.0 Å². The van der Waals surface area contributed by atoms with Crippen molar-refractivity contribution in [3.8, 4) is 23.0 Å². The summed E-state index contributed by atoms with van der Waals surface area (Å²) in [6.07, 6.45) is 10.9. The van der Waals surface area contributed by atoms with Crippen molar-refractivity contribution in [2.45, 2.75) is 81.2 Å². The van der Waals surface area contributed by atoms with Crippen molar-refractivity contribution in [1.29, 1.82) is 0 Å². The Labute approximate surface area is 298 Å². The third-order valence-corrected chi connectivity index (χ3v) is 11.6. The molecule has 0 atom stereocenters. The third-order valence-electron chi connectivity index (χ3n) is 9.74. The SMILES string of the molecule is O=C(CC1CC1)c1ccnc(C#Cc2ccc(Nc3ncc(-c4ccc(S(=O)(=O)N5CCCCC5)cc4F)c(NC4CCC(O)CC4)n3)cc2)c1. The number of Topliss-reactive ketones (excluding diaryl/α,β-unsaturated/α-hetero) is 1. The van der Waals surface area contributed by atoms with Gasteiger partial charge in [0.15, 0.2) is 5.78 Å². The van der Waals surface area contributed by atoms with E-state index in [1.807, 2.05) is 24.3 Å². The number of ketones is 1. The summed E-state index contributed by atoms with van der Waals surface area (Å²) in [5, 5.41) is 16.7. The lowest BCUT2D eigenvalue weighted by Gasteiger charge is -2.27. The van der Waals surface area contributed by atoms with E-state index in [9.17, 15) is 18.3 Å². The number of rotatable bonds is 10. The van der Waals surface area contributed by atoms with Gasteiger partial charge < -0.3 is 15.7 Å². The number of benzene rings is 2. The number of hydrogen-bond donors (Lipinski definition) is 3. The fourth-order valence-electron chi connectivity index (χ4n) is 6.57. The van der Waals surface area contributed by atoms with Crippen LogP contribution >= 0.6 is 0 Å². The molecule has 10 nitrogen and oxygen atoms in total. The van der Waals surface area contributed by atoms with Crippen molar-refractivity contribution in [3.05, 3.63) is 89.6 Å². The summed E-state index contributed by atoms with van der Waals surface area (Å²) in [4.78, 5) is 25.9. The minimum Gasteiger partial charge on any atom is -0.393 e. The lowest BCUT2D eigenvalue weighted by atomic mass is 9.93. The minimum absolute atomic E-state index is 0.0149. The maximum Gasteiger partial charge on any atom is 0.243 e. The molecule has 0 bridgehead atoms. The largest absolute Gasteiger partial charge is 0.393 e. The molecule has 3 fully saturated rings. The maximum absolute atomic E-state index is 15.8. The molecule has 2 aliphatic carbocycles. The Morgan fingerprint density at radius 1 is 0.902 bits per heavy atom. The van der Waals surface area contributed by atoms with Crippen LogP contribution in [0, 0.1) is 23.6 Å². The van der Waals surface area contributed by atoms with Crippen LogP contribution in [0.15, 0.2) is 71.9 Å². The van der Waals surface area contributed by atoms with Crippen LogP contribution in [0.25, 0.3) is 11.1 Å². The van der Waals surface area contributed by atoms with E-state index in [1.54, 1.807) is 18.3 Å². The normalized spacial score (nSPS) is 19.5. The molecule has 51 heavy (non-hydrogen) atoms. The number of aliphatic hydroxyl groups is 1. The fraction of sp³-hybridized carbons (Fsp3) is 0.385. The zero-order valence-corrected chi connectivity index (χ0v) is 29.1. The second-order valence-corrected chi connectivity index (χ2v) is 15.6. The maximum atomic E-state index is 15.8. The van der Waals surface area contributed by atoms with Gasteiger partial charge in [-0.2, -0.15) is 9.29 Å². The van der Waals surface area contributed by atoms with Crippen molar-refractivity contribution in [2.24, 2.45) is 5.92 Å². The number of pyridine rings is 1. The number of nitrogens with one attached hydrogen (secondary N) is 2. The Balaban J connectivity index is 1.09. The van der Waals surface area contributed by atoms with E-state index in [1.165, 1.54) is 22.6 Å². The van der Waals surface area contributed by atoms with E-state index in [4.69, 9.17) is 4.98 Å². The fourth-order valence-corrected chi connectivity index (χ4v) is 8.10. The number of aromatic nitrogens is 3. The van der Waals surface area contributed by atoms with Crippen LogP contribution in [0.3, 0.4) is 0 Å². The Bertz CT molecular complexity index is 2060. The van der Waals surface area contributed by atoms with E-state index in [-0.39, 0.29) is 34.3 Å². The van der Waals surface area contributed by atoms with Gasteiger partial charge in [-0.3, -0.25) is 4.79 Å². The molecule has 0 spiro atoms. The van der Waals surface area contributed by atoms with Gasteiger partial charge in [-0.15, -0.1) is 0 Å². The molecule has 2 aromatic carbocycles. The van der Waals surface area contributed by atoms with Crippen LogP contribution in [0.1, 0.15) is 85.8 Å². The molecular weight excluding hydrogens is 668 g/mol. The Morgan fingerprint density at radius 3 is 2.39 bits per heavy atom. The third kappa shape index (κ3) is 8.61. The van der Waals surface area contributed by atoms with Gasteiger partial charge in [-0.25, -0.2) is 22.8 Å². The molecule has 2 aromatic heterocycles. The van der Waals surface area contributed by atoms with Gasteiger partial charge in [0.25, 0.3) is 0 Å². The monoisotopic (exact) mass is 708 g/mol. The summed E-state index contributed by atoms with van der Waals surface area (Å²) in [5.41, 5.74) is 3.24. The molecule has 12 heteroatoms. The van der Waals surface area contributed by atoms with Crippen molar-refractivity contribution in [1.82, 2.24) is 19.3 Å². The molecule has 1 saturated heterocycles. The number of nitrogens with zero attached hydrogens (tertiary/aromatic N) is 4. The van der Waals surface area contributed by atoms with Gasteiger partial charge in [0.2, 0.25) is 16.0 Å². The van der Waals surface area contributed by atoms with E-state index in [2.05, 4.69) is 32.4 Å². The molecule has 7 rings (SSSR count). The molecule has 0 radical (unpaired) electrons. The first-order chi connectivity index (χ1) is 24.7. The lowest BCUT2D eigenvalue weighted by molar-refractivity contribution is 0.0976. The first kappa shape index (κ1) is 34.7. The predicted molar refractivity (Wildman–Crippen MR) is 194 cm³/mol. The van der Waals surface area contributed by atoms with Gasteiger partial charge >= 0.3 is 0 Å². The molecule has 3 aliphatic rings. The molecule has 0 amide bonds. The second kappa shape index (κ2) is 15.3. The van der Waals surface area contributed by atoms with Gasteiger partial charge in [-0.05, 0) is 118 Å². The van der Waals surface area contributed by atoms with Gasteiger partial charge in [0, 0.05) is 65.9 Å². The minimum atomic E-state index is -3.80. The summed E-state index contributed by atoms with van der Waals surface area (Å²) >= 11 is 0. The molecule has 3 N–H and O–H groups in total. The zero-order chi connectivity index (χ0) is 35.4. The van der Waals surface area contributed by atoms with Gasteiger partial charge in [0.1, 0.15) is 17.3 Å². The molecule has 1 aliphatic heterocycles. The van der Waals surface area contributed by atoms with E-state index < -0.39 is 15.8 Å². The standard InChI is InChI=1S/C39H41FN6O4S/c40-36-24-33(51(49,50)46-20-2-1-3-21-46)16-17-34(36)35-25-42-39(45-38(35)43-29-12-14-32(47)15-13-29)44-30-9-6-26(7-10-30)8-11-31-23-28(18-19-41-31)37(48)22-27-4-5-27/h6-7,9-10,16-19,23-25,27,29,32,47H,1-5,12-15,20-22H2,(H2,42,43,44,45). The number of carbonyl (C=O) groups is 1. The van der Waals surface area contributed by atoms with Crippen LogP contribution in [0.4, 0.5) is 21.8 Å². The molecule has 0 unspecified atom stereocenters. The topological polar surface area (TPSA) is 137 Å². The number of halogens is 1. The van der Waals surface area contributed by atoms with Crippen LogP contribution in [-0.4, -0.2) is 63.8 Å². The van der Waals surface area contributed by atoms with Crippen LogP contribution in [0.2, 0.25) is 0 Å². The summed E-state index contributed by atoms with van der Waals surface area (Å²) in [6.45, 7) is 0.868. The van der Waals surface area contributed by atoms with Crippen molar-refractivity contribution >= 4 is 33.3 Å². The van der Waals surface area contributed by atoms with E-state index in [0.717, 1.165) is 56.6 Å². The Hall–Kier alpha value is -4.70. The van der Waals surface area contributed by atoms with Crippen LogP contribution in [0.5, 0.6) is 0 Å². The van der Waals surface area contributed by atoms with E-state index in [0.29, 0.717) is 66.6 Å². The molecule has 4 aromatic rings. The number of hydrogen-bond acceptors (Lipinski definition) is 9. The molecule has 264 valence electrons. The highest BCUT2D eigenvalue weighted by Crippen LogP contribution is 2.35. The zero-order valence-electron chi connectivity index (χ0n) is 28.3. The highest BCUT2D eigenvalue weighted by molar-refractivity contribution is 7.89. The number of carbonyl (C=O) groups excluding carboxylic acids is 1. The molecular formula is C39H41FN6O4S. The number of anilines is 3. The molecule has 2 saturated carbocycles. The second-order valence-electron chi connectivity index (χ2n) is 13.7. The highest BCUT2D eigenvalue weighted by atomic mass is 32.2. The average Bonchev–Trinajstić information content (AvgIpc) is 3.97. The number of sulfonamides is 1. The molecule has 3 heterocycles. The van der Waals surface area contributed by atoms with E-state index >= 15 is 4.39 Å². The number of piperidine rings is 1.